The monoisotopic (exact) mass is 386 g/mol. The molecule has 0 spiro atoms. The predicted molar refractivity (Wildman–Crippen MR) is 108 cm³/mol. The van der Waals surface area contributed by atoms with E-state index in [2.05, 4.69) is 29.0 Å². The van der Waals surface area contributed by atoms with Gasteiger partial charge in [-0.1, -0.05) is 0 Å². The fraction of sp³-hybridized carbons (Fsp3) is 0.571. The molecule has 2 saturated heterocycles. The standard InChI is InChI=1S/C21H30N4O3/c1-15(2)25-9-8-22-21(28)19(25)14-20(27)24-12-10-23(11-13-24)18-6-4-17(5-7-18)16(3)26/h4-7,15,19H,8-14H2,1-3H3,(H,22,28)/t19-/m0/s1. The summed E-state index contributed by atoms with van der Waals surface area (Å²) < 4.78 is 0. The maximum Gasteiger partial charge on any atom is 0.237 e. The minimum absolute atomic E-state index is 0.0410. The number of nitrogens with zero attached hydrogens (tertiary/aromatic N) is 3. The molecule has 1 atom stereocenters. The predicted octanol–water partition coefficient (Wildman–Crippen LogP) is 1.14. The third kappa shape index (κ3) is 4.52. The summed E-state index contributed by atoms with van der Waals surface area (Å²) >= 11 is 0. The summed E-state index contributed by atoms with van der Waals surface area (Å²) in [6.45, 7) is 9.89. The number of Topliss-reactive ketones (excluding diaryl/α,β-unsaturated/α-hetero) is 1. The molecule has 7 heteroatoms. The van der Waals surface area contributed by atoms with Gasteiger partial charge in [-0.2, -0.15) is 0 Å². The summed E-state index contributed by atoms with van der Waals surface area (Å²) in [6, 6.07) is 7.47. The van der Waals surface area contributed by atoms with Gasteiger partial charge in [0.15, 0.2) is 5.78 Å². The molecule has 2 amide bonds. The molecule has 2 aliphatic rings. The summed E-state index contributed by atoms with van der Waals surface area (Å²) in [6.07, 6.45) is 0.233. The van der Waals surface area contributed by atoms with Gasteiger partial charge in [0, 0.05) is 56.6 Å². The molecule has 1 aromatic rings. The van der Waals surface area contributed by atoms with Crippen molar-refractivity contribution in [2.75, 3.05) is 44.2 Å². The van der Waals surface area contributed by atoms with Gasteiger partial charge in [-0.15, -0.1) is 0 Å². The van der Waals surface area contributed by atoms with Crippen molar-refractivity contribution >= 4 is 23.3 Å². The zero-order valence-corrected chi connectivity index (χ0v) is 17.0. The van der Waals surface area contributed by atoms with Gasteiger partial charge in [0.05, 0.1) is 12.5 Å². The average molecular weight is 386 g/mol. The highest BCUT2D eigenvalue weighted by Gasteiger charge is 2.34. The lowest BCUT2D eigenvalue weighted by Gasteiger charge is -2.40. The van der Waals surface area contributed by atoms with Gasteiger partial charge in [-0.3, -0.25) is 19.3 Å². The zero-order valence-electron chi connectivity index (χ0n) is 17.0. The Kier molecular flexibility index (Phi) is 6.34. The molecule has 152 valence electrons. The lowest BCUT2D eigenvalue weighted by Crippen LogP contribution is -2.59. The molecule has 1 N–H and O–H groups in total. The van der Waals surface area contributed by atoms with Crippen molar-refractivity contribution in [1.29, 1.82) is 0 Å². The largest absolute Gasteiger partial charge is 0.368 e. The number of carbonyl (C=O) groups is 3. The molecule has 28 heavy (non-hydrogen) atoms. The summed E-state index contributed by atoms with van der Waals surface area (Å²) in [7, 11) is 0. The molecule has 2 fully saturated rings. The Bertz CT molecular complexity index is 724. The summed E-state index contributed by atoms with van der Waals surface area (Å²) in [5.74, 6) is 0.0564. The summed E-state index contributed by atoms with van der Waals surface area (Å²) in [5.41, 5.74) is 1.77. The van der Waals surface area contributed by atoms with Crippen molar-refractivity contribution in [3.8, 4) is 0 Å². The van der Waals surface area contributed by atoms with Crippen LogP contribution in [0.25, 0.3) is 0 Å². The molecule has 0 radical (unpaired) electrons. The van der Waals surface area contributed by atoms with Crippen LogP contribution in [0.2, 0.25) is 0 Å². The van der Waals surface area contributed by atoms with E-state index in [4.69, 9.17) is 0 Å². The van der Waals surface area contributed by atoms with E-state index in [0.29, 0.717) is 25.2 Å². The number of anilines is 1. The van der Waals surface area contributed by atoms with Crippen molar-refractivity contribution in [3.63, 3.8) is 0 Å². The Balaban J connectivity index is 1.56. The van der Waals surface area contributed by atoms with Crippen LogP contribution in [-0.2, 0) is 9.59 Å². The molecule has 0 aromatic heterocycles. The molecular weight excluding hydrogens is 356 g/mol. The molecular formula is C21H30N4O3. The van der Waals surface area contributed by atoms with Crippen LogP contribution in [0.4, 0.5) is 5.69 Å². The number of benzene rings is 1. The third-order valence-electron chi connectivity index (χ3n) is 5.67. The lowest BCUT2D eigenvalue weighted by atomic mass is 10.1. The van der Waals surface area contributed by atoms with Gasteiger partial charge in [0.25, 0.3) is 0 Å². The molecule has 1 aromatic carbocycles. The number of ketones is 1. The minimum atomic E-state index is -0.376. The molecule has 2 aliphatic heterocycles. The number of nitrogens with one attached hydrogen (secondary N) is 1. The Hall–Kier alpha value is -2.41. The second-order valence-corrected chi connectivity index (χ2v) is 7.81. The van der Waals surface area contributed by atoms with E-state index in [1.165, 1.54) is 0 Å². The maximum absolute atomic E-state index is 12.8. The van der Waals surface area contributed by atoms with E-state index in [9.17, 15) is 14.4 Å². The summed E-state index contributed by atoms with van der Waals surface area (Å²) in [4.78, 5) is 42.7. The number of carbonyl (C=O) groups excluding carboxylic acids is 3. The lowest BCUT2D eigenvalue weighted by molar-refractivity contribution is -0.139. The van der Waals surface area contributed by atoms with Crippen LogP contribution in [0.15, 0.2) is 24.3 Å². The Morgan fingerprint density at radius 1 is 1.07 bits per heavy atom. The van der Waals surface area contributed by atoms with Crippen molar-refractivity contribution < 1.29 is 14.4 Å². The molecule has 0 unspecified atom stereocenters. The van der Waals surface area contributed by atoms with Crippen LogP contribution in [0.5, 0.6) is 0 Å². The van der Waals surface area contributed by atoms with E-state index in [1.54, 1.807) is 6.92 Å². The first kappa shape index (κ1) is 20.3. The topological polar surface area (TPSA) is 73.0 Å². The van der Waals surface area contributed by atoms with E-state index in [1.807, 2.05) is 29.2 Å². The number of rotatable bonds is 5. The van der Waals surface area contributed by atoms with Gasteiger partial charge in [-0.25, -0.2) is 0 Å². The zero-order chi connectivity index (χ0) is 20.3. The van der Waals surface area contributed by atoms with E-state index < -0.39 is 0 Å². The number of amides is 2. The van der Waals surface area contributed by atoms with Gasteiger partial charge < -0.3 is 15.1 Å². The normalized spacial score (nSPS) is 21.0. The van der Waals surface area contributed by atoms with Gasteiger partial charge >= 0.3 is 0 Å². The van der Waals surface area contributed by atoms with Gasteiger partial charge in [-0.05, 0) is 45.0 Å². The summed E-state index contributed by atoms with van der Waals surface area (Å²) in [5, 5.41) is 2.88. The van der Waals surface area contributed by atoms with Crippen molar-refractivity contribution in [2.45, 2.75) is 39.3 Å². The number of piperazine rings is 2. The van der Waals surface area contributed by atoms with E-state index in [-0.39, 0.29) is 36.1 Å². The average Bonchev–Trinajstić information content (AvgIpc) is 2.69. The fourth-order valence-corrected chi connectivity index (χ4v) is 3.98. The van der Waals surface area contributed by atoms with Gasteiger partial charge in [0.2, 0.25) is 11.8 Å². The molecule has 7 nitrogen and oxygen atoms in total. The first-order valence-electron chi connectivity index (χ1n) is 10.0. The first-order chi connectivity index (χ1) is 13.4. The van der Waals surface area contributed by atoms with E-state index in [0.717, 1.165) is 25.3 Å². The molecule has 2 heterocycles. The second kappa shape index (κ2) is 8.73. The third-order valence-corrected chi connectivity index (χ3v) is 5.67. The SMILES string of the molecule is CC(=O)c1ccc(N2CCN(C(=O)C[C@H]3C(=O)NCCN3C(C)C)CC2)cc1. The van der Waals surface area contributed by atoms with Crippen molar-refractivity contribution in [3.05, 3.63) is 29.8 Å². The Labute approximate surface area is 166 Å². The van der Waals surface area contributed by atoms with Crippen LogP contribution >= 0.6 is 0 Å². The highest BCUT2D eigenvalue weighted by atomic mass is 16.2. The molecule has 3 rings (SSSR count). The van der Waals surface area contributed by atoms with Crippen molar-refractivity contribution in [1.82, 2.24) is 15.1 Å². The maximum atomic E-state index is 12.8. The molecule has 0 aliphatic carbocycles. The molecule has 0 saturated carbocycles. The molecule has 0 bridgehead atoms. The number of hydrogen-bond acceptors (Lipinski definition) is 5. The second-order valence-electron chi connectivity index (χ2n) is 7.81. The van der Waals surface area contributed by atoms with E-state index >= 15 is 0 Å². The van der Waals surface area contributed by atoms with Crippen LogP contribution in [-0.4, -0.2) is 78.7 Å². The van der Waals surface area contributed by atoms with Crippen molar-refractivity contribution in [2.24, 2.45) is 0 Å². The highest BCUT2D eigenvalue weighted by Crippen LogP contribution is 2.19. The first-order valence-corrected chi connectivity index (χ1v) is 10.0. The number of hydrogen-bond donors (Lipinski definition) is 1. The van der Waals surface area contributed by atoms with Crippen LogP contribution < -0.4 is 10.2 Å². The van der Waals surface area contributed by atoms with Crippen LogP contribution in [0.3, 0.4) is 0 Å². The quantitative estimate of drug-likeness (QED) is 0.769. The highest BCUT2D eigenvalue weighted by molar-refractivity contribution is 5.94. The smallest absolute Gasteiger partial charge is 0.237 e. The van der Waals surface area contributed by atoms with Crippen LogP contribution in [0.1, 0.15) is 37.6 Å². The minimum Gasteiger partial charge on any atom is -0.368 e. The van der Waals surface area contributed by atoms with Crippen LogP contribution in [0, 0.1) is 0 Å². The Morgan fingerprint density at radius 3 is 2.29 bits per heavy atom. The fourth-order valence-electron chi connectivity index (χ4n) is 3.98. The van der Waals surface area contributed by atoms with Gasteiger partial charge in [0.1, 0.15) is 0 Å². The Morgan fingerprint density at radius 2 is 1.71 bits per heavy atom.